The molecule has 88 valence electrons. The minimum absolute atomic E-state index is 0.154. The van der Waals surface area contributed by atoms with Crippen molar-refractivity contribution in [2.75, 3.05) is 5.32 Å². The third kappa shape index (κ3) is 1.97. The van der Waals surface area contributed by atoms with Gasteiger partial charge in [-0.2, -0.15) is 13.2 Å². The van der Waals surface area contributed by atoms with Crippen LogP contribution in [0.1, 0.15) is 30.8 Å². The summed E-state index contributed by atoms with van der Waals surface area (Å²) < 4.78 is 37.3. The van der Waals surface area contributed by atoms with Crippen LogP contribution in [0, 0.1) is 0 Å². The molecule has 0 bridgehead atoms. The van der Waals surface area contributed by atoms with Crippen LogP contribution in [0.3, 0.4) is 0 Å². The number of anilines is 1. The summed E-state index contributed by atoms with van der Waals surface area (Å²) in [7, 11) is 0. The highest BCUT2D eigenvalue weighted by molar-refractivity contribution is 5.52. The first-order chi connectivity index (χ1) is 7.38. The van der Waals surface area contributed by atoms with E-state index in [1.165, 1.54) is 6.07 Å². The maximum absolute atomic E-state index is 12.4. The average molecular weight is 231 g/mol. The molecule has 0 spiro atoms. The van der Waals surface area contributed by atoms with Crippen molar-refractivity contribution in [1.82, 2.24) is 4.98 Å². The molecule has 16 heavy (non-hydrogen) atoms. The number of nitrogens with one attached hydrogen (secondary N) is 1. The maximum Gasteiger partial charge on any atom is 0.433 e. The van der Waals surface area contributed by atoms with Crippen molar-refractivity contribution in [2.45, 2.75) is 31.6 Å². The molecule has 0 aliphatic carbocycles. The topological polar surface area (TPSA) is 50.9 Å². The van der Waals surface area contributed by atoms with E-state index in [4.69, 9.17) is 5.73 Å². The number of rotatable bonds is 0. The van der Waals surface area contributed by atoms with Crippen molar-refractivity contribution >= 4 is 5.69 Å². The summed E-state index contributed by atoms with van der Waals surface area (Å²) in [4.78, 5) is 3.59. The Hall–Kier alpha value is -1.30. The molecule has 1 aliphatic rings. The van der Waals surface area contributed by atoms with Crippen LogP contribution in [0.15, 0.2) is 12.1 Å². The van der Waals surface area contributed by atoms with Crippen LogP contribution in [0.5, 0.6) is 0 Å². The molecule has 3 N–H and O–H groups in total. The molecule has 2 atom stereocenters. The zero-order valence-corrected chi connectivity index (χ0v) is 8.67. The van der Waals surface area contributed by atoms with Crippen molar-refractivity contribution in [2.24, 2.45) is 5.73 Å². The molecule has 2 heterocycles. The summed E-state index contributed by atoms with van der Waals surface area (Å²) in [5.74, 6) is 0. The van der Waals surface area contributed by atoms with Crippen molar-refractivity contribution in [1.29, 1.82) is 0 Å². The predicted molar refractivity (Wildman–Crippen MR) is 53.9 cm³/mol. The standard InChI is InChI=1S/C10H12F3N3/c1-5-4-6(14)9-7(15-5)2-3-8(16-9)10(11,12)13/h2-3,5-6,15H,4,14H2,1H3. The van der Waals surface area contributed by atoms with Gasteiger partial charge in [-0.05, 0) is 25.5 Å². The molecule has 0 aromatic carbocycles. The zero-order valence-electron chi connectivity index (χ0n) is 8.67. The SMILES string of the molecule is CC1CC(N)c2nc(C(F)(F)F)ccc2N1. The van der Waals surface area contributed by atoms with Gasteiger partial charge in [0.1, 0.15) is 5.69 Å². The summed E-state index contributed by atoms with van der Waals surface area (Å²) in [5.41, 5.74) is 5.78. The van der Waals surface area contributed by atoms with Crippen LogP contribution in [0.2, 0.25) is 0 Å². The van der Waals surface area contributed by atoms with E-state index in [2.05, 4.69) is 10.3 Å². The number of aromatic nitrogens is 1. The predicted octanol–water partition coefficient (Wildman–Crippen LogP) is 2.30. The minimum Gasteiger partial charge on any atom is -0.381 e. The van der Waals surface area contributed by atoms with Crippen molar-refractivity contribution in [3.05, 3.63) is 23.5 Å². The van der Waals surface area contributed by atoms with Gasteiger partial charge in [-0.3, -0.25) is 0 Å². The van der Waals surface area contributed by atoms with Crippen molar-refractivity contribution in [3.63, 3.8) is 0 Å². The molecule has 2 rings (SSSR count). The lowest BCUT2D eigenvalue weighted by molar-refractivity contribution is -0.141. The number of nitrogens with two attached hydrogens (primary N) is 1. The molecule has 1 aromatic rings. The Labute approximate surface area is 90.9 Å². The van der Waals surface area contributed by atoms with Crippen LogP contribution in [-0.2, 0) is 6.18 Å². The first kappa shape index (κ1) is 11.2. The molecule has 3 nitrogen and oxygen atoms in total. The lowest BCUT2D eigenvalue weighted by Gasteiger charge is -2.28. The second kappa shape index (κ2) is 3.62. The number of hydrogen-bond acceptors (Lipinski definition) is 3. The van der Waals surface area contributed by atoms with Crippen molar-refractivity contribution in [3.8, 4) is 0 Å². The van der Waals surface area contributed by atoms with E-state index in [9.17, 15) is 13.2 Å². The molecule has 0 saturated heterocycles. The monoisotopic (exact) mass is 231 g/mol. The lowest BCUT2D eigenvalue weighted by Crippen LogP contribution is -2.31. The van der Waals surface area contributed by atoms with E-state index < -0.39 is 17.9 Å². The van der Waals surface area contributed by atoms with Gasteiger partial charge in [-0.1, -0.05) is 0 Å². The summed E-state index contributed by atoms with van der Waals surface area (Å²) in [6.45, 7) is 1.93. The van der Waals surface area contributed by atoms with E-state index in [0.717, 1.165) is 6.07 Å². The first-order valence-corrected chi connectivity index (χ1v) is 4.98. The van der Waals surface area contributed by atoms with Crippen LogP contribution >= 0.6 is 0 Å². The highest BCUT2D eigenvalue weighted by atomic mass is 19.4. The van der Waals surface area contributed by atoms with Gasteiger partial charge >= 0.3 is 6.18 Å². The van der Waals surface area contributed by atoms with Crippen LogP contribution in [0.4, 0.5) is 18.9 Å². The zero-order chi connectivity index (χ0) is 11.9. The molecule has 1 aromatic heterocycles. The Balaban J connectivity index is 2.42. The molecular weight excluding hydrogens is 219 g/mol. The number of nitrogens with zero attached hydrogens (tertiary/aromatic N) is 1. The van der Waals surface area contributed by atoms with Crippen LogP contribution < -0.4 is 11.1 Å². The van der Waals surface area contributed by atoms with Gasteiger partial charge in [0.15, 0.2) is 0 Å². The molecule has 1 aliphatic heterocycles. The summed E-state index contributed by atoms with van der Waals surface area (Å²) in [5, 5.41) is 3.06. The van der Waals surface area contributed by atoms with E-state index in [1.807, 2.05) is 6.92 Å². The summed E-state index contributed by atoms with van der Waals surface area (Å²) in [6, 6.07) is 2.08. The highest BCUT2D eigenvalue weighted by Gasteiger charge is 2.34. The molecule has 0 radical (unpaired) electrons. The Kier molecular flexibility index (Phi) is 2.53. The Morgan fingerprint density at radius 3 is 2.75 bits per heavy atom. The van der Waals surface area contributed by atoms with Crippen LogP contribution in [-0.4, -0.2) is 11.0 Å². The fourth-order valence-electron chi connectivity index (χ4n) is 1.85. The fourth-order valence-corrected chi connectivity index (χ4v) is 1.85. The molecule has 2 unspecified atom stereocenters. The molecular formula is C10H12F3N3. The average Bonchev–Trinajstić information content (AvgIpc) is 2.15. The Morgan fingerprint density at radius 2 is 2.12 bits per heavy atom. The smallest absolute Gasteiger partial charge is 0.381 e. The van der Waals surface area contributed by atoms with E-state index in [-0.39, 0.29) is 6.04 Å². The number of pyridine rings is 1. The van der Waals surface area contributed by atoms with Crippen LogP contribution in [0.25, 0.3) is 0 Å². The quantitative estimate of drug-likeness (QED) is 0.720. The number of halogens is 3. The Morgan fingerprint density at radius 1 is 1.44 bits per heavy atom. The van der Waals surface area contributed by atoms with Gasteiger partial charge in [0.25, 0.3) is 0 Å². The third-order valence-electron chi connectivity index (χ3n) is 2.58. The van der Waals surface area contributed by atoms with E-state index >= 15 is 0 Å². The normalized spacial score (nSPS) is 24.8. The number of fused-ring (bicyclic) bond motifs is 1. The van der Waals surface area contributed by atoms with Gasteiger partial charge in [0.05, 0.1) is 17.4 Å². The Bertz CT molecular complexity index is 403. The van der Waals surface area contributed by atoms with E-state index in [1.54, 1.807) is 0 Å². The number of alkyl halides is 3. The summed E-state index contributed by atoms with van der Waals surface area (Å²) >= 11 is 0. The van der Waals surface area contributed by atoms with Gasteiger partial charge < -0.3 is 11.1 Å². The third-order valence-corrected chi connectivity index (χ3v) is 2.58. The first-order valence-electron chi connectivity index (χ1n) is 4.98. The largest absolute Gasteiger partial charge is 0.433 e. The summed E-state index contributed by atoms with van der Waals surface area (Å²) in [6.07, 6.45) is -3.83. The lowest BCUT2D eigenvalue weighted by atomic mass is 9.99. The molecule has 0 amide bonds. The van der Waals surface area contributed by atoms with Crippen molar-refractivity contribution < 1.29 is 13.2 Å². The maximum atomic E-state index is 12.4. The highest BCUT2D eigenvalue weighted by Crippen LogP contribution is 2.34. The second-order valence-corrected chi connectivity index (χ2v) is 4.01. The molecule has 0 saturated carbocycles. The fraction of sp³-hybridized carbons (Fsp3) is 0.500. The second-order valence-electron chi connectivity index (χ2n) is 4.01. The molecule has 6 heteroatoms. The van der Waals surface area contributed by atoms with Gasteiger partial charge in [-0.25, -0.2) is 4.98 Å². The number of hydrogen-bond donors (Lipinski definition) is 2. The van der Waals surface area contributed by atoms with Gasteiger partial charge in [-0.15, -0.1) is 0 Å². The minimum atomic E-state index is -4.42. The van der Waals surface area contributed by atoms with Gasteiger partial charge in [0.2, 0.25) is 0 Å². The molecule has 0 fully saturated rings. The van der Waals surface area contributed by atoms with E-state index in [0.29, 0.717) is 17.8 Å². The van der Waals surface area contributed by atoms with Gasteiger partial charge in [0, 0.05) is 6.04 Å².